The predicted molar refractivity (Wildman–Crippen MR) is 74.3 cm³/mol. The summed E-state index contributed by atoms with van der Waals surface area (Å²) in [7, 11) is 1.65. The molecule has 0 fully saturated rings. The fraction of sp³-hybridized carbons (Fsp3) is 0.600. The number of rotatable bonds is 10. The van der Waals surface area contributed by atoms with Crippen molar-refractivity contribution in [1.29, 1.82) is 0 Å². The first-order valence-electron chi connectivity index (χ1n) is 6.63. The van der Waals surface area contributed by atoms with Crippen molar-refractivity contribution in [3.8, 4) is 0 Å². The lowest BCUT2D eigenvalue weighted by Gasteiger charge is -2.12. The summed E-state index contributed by atoms with van der Waals surface area (Å²) in [5, 5.41) is 9.91. The van der Waals surface area contributed by atoms with Crippen LogP contribution in [-0.4, -0.2) is 45.3 Å². The van der Waals surface area contributed by atoms with Crippen LogP contribution >= 0.6 is 0 Å². The van der Waals surface area contributed by atoms with Crippen molar-refractivity contribution in [3.05, 3.63) is 35.4 Å². The molecule has 0 aliphatic rings. The Morgan fingerprint density at radius 2 is 1.68 bits per heavy atom. The third-order valence-electron chi connectivity index (χ3n) is 2.75. The van der Waals surface area contributed by atoms with Gasteiger partial charge in [-0.2, -0.15) is 0 Å². The molecule has 0 aliphatic heterocycles. The Bertz CT molecular complexity index is 323. The molecule has 108 valence electrons. The van der Waals surface area contributed by atoms with E-state index in [-0.39, 0.29) is 0 Å². The van der Waals surface area contributed by atoms with Crippen LogP contribution in [0.1, 0.15) is 23.7 Å². The van der Waals surface area contributed by atoms with Crippen molar-refractivity contribution in [2.45, 2.75) is 19.4 Å². The molecule has 1 atom stereocenters. The maximum atomic E-state index is 9.91. The Morgan fingerprint density at radius 1 is 1.00 bits per heavy atom. The largest absolute Gasteiger partial charge is 0.386 e. The monoisotopic (exact) mass is 268 g/mol. The lowest BCUT2D eigenvalue weighted by molar-refractivity contribution is 0.0182. The molecule has 0 spiro atoms. The molecule has 0 aliphatic carbocycles. The molecular weight excluding hydrogens is 244 g/mol. The Kier molecular flexibility index (Phi) is 8.41. The number of hydrogen-bond acceptors (Lipinski definition) is 4. The van der Waals surface area contributed by atoms with Gasteiger partial charge in [-0.3, -0.25) is 0 Å². The highest BCUT2D eigenvalue weighted by Crippen LogP contribution is 2.13. The fourth-order valence-electron chi connectivity index (χ4n) is 1.59. The second-order valence-corrected chi connectivity index (χ2v) is 4.46. The molecule has 1 aromatic rings. The van der Waals surface area contributed by atoms with E-state index < -0.39 is 6.10 Å². The number of aliphatic hydroxyl groups excluding tert-OH is 1. The molecule has 0 aromatic heterocycles. The summed E-state index contributed by atoms with van der Waals surface area (Å²) in [6.45, 7) is 4.83. The Morgan fingerprint density at radius 3 is 2.37 bits per heavy atom. The van der Waals surface area contributed by atoms with E-state index in [0.29, 0.717) is 33.0 Å². The molecule has 4 heteroatoms. The number of aliphatic hydroxyl groups is 1. The van der Waals surface area contributed by atoms with Crippen LogP contribution < -0.4 is 0 Å². The molecule has 1 rings (SSSR count). The molecule has 19 heavy (non-hydrogen) atoms. The van der Waals surface area contributed by atoms with Gasteiger partial charge >= 0.3 is 0 Å². The Balaban J connectivity index is 2.04. The van der Waals surface area contributed by atoms with Crippen LogP contribution in [-0.2, 0) is 14.2 Å². The quantitative estimate of drug-likeness (QED) is 0.660. The van der Waals surface area contributed by atoms with Gasteiger partial charge in [0.05, 0.1) is 19.8 Å². The van der Waals surface area contributed by atoms with E-state index in [1.807, 2.05) is 31.2 Å². The number of hydrogen-bond donors (Lipinski definition) is 1. The van der Waals surface area contributed by atoms with E-state index in [1.54, 1.807) is 7.11 Å². The van der Waals surface area contributed by atoms with Crippen molar-refractivity contribution < 1.29 is 19.3 Å². The minimum atomic E-state index is -0.560. The van der Waals surface area contributed by atoms with Crippen LogP contribution in [0.2, 0.25) is 0 Å². The van der Waals surface area contributed by atoms with Gasteiger partial charge in [-0.05, 0) is 18.9 Å². The normalized spacial score (nSPS) is 12.6. The lowest BCUT2D eigenvalue weighted by atomic mass is 10.1. The Hall–Kier alpha value is -0.940. The van der Waals surface area contributed by atoms with Gasteiger partial charge in [0.2, 0.25) is 0 Å². The van der Waals surface area contributed by atoms with E-state index in [9.17, 15) is 5.11 Å². The topological polar surface area (TPSA) is 47.9 Å². The van der Waals surface area contributed by atoms with E-state index in [1.165, 1.54) is 5.56 Å². The number of benzene rings is 1. The van der Waals surface area contributed by atoms with Gasteiger partial charge in [0.15, 0.2) is 0 Å². The molecular formula is C15H24O4. The second kappa shape index (κ2) is 9.92. The lowest BCUT2D eigenvalue weighted by Crippen LogP contribution is -2.10. The molecule has 0 heterocycles. The summed E-state index contributed by atoms with van der Waals surface area (Å²) in [5.74, 6) is 0. The summed E-state index contributed by atoms with van der Waals surface area (Å²) < 4.78 is 15.6. The second-order valence-electron chi connectivity index (χ2n) is 4.46. The molecule has 4 nitrogen and oxygen atoms in total. The van der Waals surface area contributed by atoms with Gasteiger partial charge in [0.1, 0.15) is 6.10 Å². The van der Waals surface area contributed by atoms with E-state index >= 15 is 0 Å². The molecule has 1 unspecified atom stereocenters. The molecule has 0 saturated heterocycles. The first-order chi connectivity index (χ1) is 9.24. The minimum absolute atomic E-state index is 0.321. The van der Waals surface area contributed by atoms with Crippen LogP contribution in [0.15, 0.2) is 24.3 Å². The maximum absolute atomic E-state index is 9.91. The van der Waals surface area contributed by atoms with Gasteiger partial charge in [-0.1, -0.05) is 29.8 Å². The van der Waals surface area contributed by atoms with Crippen LogP contribution in [0.4, 0.5) is 0 Å². The first-order valence-corrected chi connectivity index (χ1v) is 6.63. The number of methoxy groups -OCH3 is 1. The van der Waals surface area contributed by atoms with Gasteiger partial charge < -0.3 is 19.3 Å². The minimum Gasteiger partial charge on any atom is -0.386 e. The zero-order chi connectivity index (χ0) is 13.9. The zero-order valence-electron chi connectivity index (χ0n) is 11.8. The van der Waals surface area contributed by atoms with Crippen molar-refractivity contribution in [1.82, 2.24) is 0 Å². The van der Waals surface area contributed by atoms with Crippen LogP contribution in [0.25, 0.3) is 0 Å². The highest BCUT2D eigenvalue weighted by atomic mass is 16.5. The number of ether oxygens (including phenoxy) is 3. The molecule has 1 aromatic carbocycles. The first kappa shape index (κ1) is 16.1. The van der Waals surface area contributed by atoms with E-state index in [4.69, 9.17) is 14.2 Å². The van der Waals surface area contributed by atoms with Crippen LogP contribution in [0.3, 0.4) is 0 Å². The average Bonchev–Trinajstić information content (AvgIpc) is 2.42. The summed E-state index contributed by atoms with van der Waals surface area (Å²) in [5.41, 5.74) is 2.08. The molecule has 0 radical (unpaired) electrons. The highest BCUT2D eigenvalue weighted by molar-refractivity contribution is 5.23. The number of aryl methyl sites for hydroxylation is 1. The van der Waals surface area contributed by atoms with Crippen molar-refractivity contribution in [2.24, 2.45) is 0 Å². The molecule has 0 bridgehead atoms. The van der Waals surface area contributed by atoms with Crippen molar-refractivity contribution >= 4 is 0 Å². The van der Waals surface area contributed by atoms with Crippen LogP contribution in [0.5, 0.6) is 0 Å². The van der Waals surface area contributed by atoms with Crippen molar-refractivity contribution in [3.63, 3.8) is 0 Å². The highest BCUT2D eigenvalue weighted by Gasteiger charge is 2.06. The van der Waals surface area contributed by atoms with Crippen LogP contribution in [0, 0.1) is 6.92 Å². The molecule has 1 N–H and O–H groups in total. The van der Waals surface area contributed by atoms with Gasteiger partial charge in [-0.15, -0.1) is 0 Å². The van der Waals surface area contributed by atoms with E-state index in [2.05, 4.69) is 0 Å². The van der Waals surface area contributed by atoms with Gasteiger partial charge in [0.25, 0.3) is 0 Å². The summed E-state index contributed by atoms with van der Waals surface area (Å²) >= 11 is 0. The predicted octanol–water partition coefficient (Wildman–Crippen LogP) is 2.10. The third-order valence-corrected chi connectivity index (χ3v) is 2.75. The van der Waals surface area contributed by atoms with E-state index in [0.717, 1.165) is 12.0 Å². The van der Waals surface area contributed by atoms with Gasteiger partial charge in [0, 0.05) is 20.3 Å². The summed E-state index contributed by atoms with van der Waals surface area (Å²) in [6.07, 6.45) is 0.264. The third kappa shape index (κ3) is 7.28. The van der Waals surface area contributed by atoms with Crippen molar-refractivity contribution in [2.75, 3.05) is 40.1 Å². The summed E-state index contributed by atoms with van der Waals surface area (Å²) in [6, 6.07) is 7.83. The summed E-state index contributed by atoms with van der Waals surface area (Å²) in [4.78, 5) is 0. The fourth-order valence-corrected chi connectivity index (χ4v) is 1.59. The maximum Gasteiger partial charge on any atom is 0.102 e. The smallest absolute Gasteiger partial charge is 0.102 e. The molecule has 0 amide bonds. The van der Waals surface area contributed by atoms with Gasteiger partial charge in [-0.25, -0.2) is 0 Å². The Labute approximate surface area is 115 Å². The SMILES string of the molecule is COCCOCCCOCC(O)c1ccc(C)cc1. The standard InChI is InChI=1S/C15H24O4/c1-13-4-6-14(7-5-13)15(16)12-19-9-3-8-18-11-10-17-2/h4-7,15-16H,3,8-12H2,1-2H3. The zero-order valence-corrected chi connectivity index (χ0v) is 11.8. The average molecular weight is 268 g/mol. The molecule has 0 saturated carbocycles.